The Morgan fingerprint density at radius 3 is 2.43 bits per heavy atom. The lowest BCUT2D eigenvalue weighted by Gasteiger charge is -2.33. The maximum Gasteiger partial charge on any atom is 0.0854 e. The molecule has 2 fully saturated rings. The molecular weight excluding hydrogens is 348 g/mol. The summed E-state index contributed by atoms with van der Waals surface area (Å²) < 4.78 is 6.05. The molecular formula is C25H32O3. The van der Waals surface area contributed by atoms with Crippen LogP contribution in [0.1, 0.15) is 85.3 Å². The Morgan fingerprint density at radius 2 is 1.79 bits per heavy atom. The second-order valence-corrected chi connectivity index (χ2v) is 8.86. The molecule has 1 saturated carbocycles. The predicted octanol–water partition coefficient (Wildman–Crippen LogP) is 4.85. The Bertz CT molecular complexity index is 792. The lowest BCUT2D eigenvalue weighted by molar-refractivity contribution is -0.113. The fourth-order valence-electron chi connectivity index (χ4n) is 4.33. The first-order valence-corrected chi connectivity index (χ1v) is 10.7. The first-order valence-electron chi connectivity index (χ1n) is 10.7. The summed E-state index contributed by atoms with van der Waals surface area (Å²) in [5.74, 6) is 1.25. The van der Waals surface area contributed by atoms with Gasteiger partial charge < -0.3 is 14.9 Å². The highest BCUT2D eigenvalue weighted by atomic mass is 16.5. The number of rotatable bonds is 6. The summed E-state index contributed by atoms with van der Waals surface area (Å²) in [6, 6.07) is 15.7. The first kappa shape index (κ1) is 19.6. The monoisotopic (exact) mass is 380 g/mol. The predicted molar refractivity (Wildman–Crippen MR) is 112 cm³/mol. The zero-order chi connectivity index (χ0) is 19.7. The van der Waals surface area contributed by atoms with Crippen LogP contribution in [0.5, 0.6) is 0 Å². The average Bonchev–Trinajstić information content (AvgIpc) is 3.53. The van der Waals surface area contributed by atoms with Gasteiger partial charge in [-0.2, -0.15) is 0 Å². The van der Waals surface area contributed by atoms with Crippen molar-refractivity contribution in [3.8, 4) is 0 Å². The molecule has 0 radical (unpaired) electrons. The summed E-state index contributed by atoms with van der Waals surface area (Å²) in [6.45, 7) is 4.41. The fraction of sp³-hybridized carbons (Fsp3) is 0.520. The van der Waals surface area contributed by atoms with Crippen molar-refractivity contribution < 1.29 is 14.9 Å². The quantitative estimate of drug-likeness (QED) is 0.753. The molecule has 2 aromatic rings. The summed E-state index contributed by atoms with van der Waals surface area (Å²) >= 11 is 0. The van der Waals surface area contributed by atoms with Crippen LogP contribution in [-0.4, -0.2) is 29.0 Å². The van der Waals surface area contributed by atoms with E-state index in [1.165, 1.54) is 35.1 Å². The van der Waals surface area contributed by atoms with Crippen LogP contribution < -0.4 is 0 Å². The van der Waals surface area contributed by atoms with Crippen LogP contribution in [-0.2, 0) is 11.2 Å². The number of hydrogen-bond acceptors (Lipinski definition) is 3. The van der Waals surface area contributed by atoms with Gasteiger partial charge >= 0.3 is 0 Å². The van der Waals surface area contributed by atoms with Gasteiger partial charge in [-0.25, -0.2) is 0 Å². The molecule has 0 aromatic heterocycles. The zero-order valence-electron chi connectivity index (χ0n) is 17.0. The molecule has 2 aliphatic rings. The van der Waals surface area contributed by atoms with Crippen molar-refractivity contribution in [2.24, 2.45) is 0 Å². The summed E-state index contributed by atoms with van der Waals surface area (Å²) in [6.07, 6.45) is 3.78. The molecule has 0 bridgehead atoms. The summed E-state index contributed by atoms with van der Waals surface area (Å²) in [7, 11) is 0. The standard InChI is InChI=1S/C25H32O3/c1-16(2)18-5-3-17(4-6-18)11-21-12-20(9-10-24(21)19-7-8-19)25-14-22(27)13-23(15-26)28-25/h3-6,9-10,12,16,19,22-23,25-27H,7-8,11,13-15H2,1-2H3/t22-,23-,25+/m0/s1. The van der Waals surface area contributed by atoms with Crippen molar-refractivity contribution in [3.05, 3.63) is 70.3 Å². The molecule has 3 atom stereocenters. The van der Waals surface area contributed by atoms with E-state index in [-0.39, 0.29) is 18.8 Å². The SMILES string of the molecule is CC(C)c1ccc(Cc2cc([C@H]3C[C@@H](O)C[C@@H](CO)O3)ccc2C2CC2)cc1. The van der Waals surface area contributed by atoms with Crippen LogP contribution in [0.15, 0.2) is 42.5 Å². The minimum absolute atomic E-state index is 0.0389. The van der Waals surface area contributed by atoms with E-state index < -0.39 is 6.10 Å². The maximum absolute atomic E-state index is 10.2. The molecule has 1 saturated heterocycles. The summed E-state index contributed by atoms with van der Waals surface area (Å²) in [5, 5.41) is 19.7. The summed E-state index contributed by atoms with van der Waals surface area (Å²) in [4.78, 5) is 0. The van der Waals surface area contributed by atoms with E-state index in [0.717, 1.165) is 12.0 Å². The van der Waals surface area contributed by atoms with Crippen LogP contribution in [0, 0.1) is 0 Å². The lowest BCUT2D eigenvalue weighted by Crippen LogP contribution is -2.33. The number of aliphatic hydroxyl groups excluding tert-OH is 2. The van der Waals surface area contributed by atoms with E-state index in [1.807, 2.05) is 0 Å². The number of benzene rings is 2. The molecule has 1 aliphatic carbocycles. The molecule has 4 rings (SSSR count). The van der Waals surface area contributed by atoms with E-state index in [9.17, 15) is 10.2 Å². The number of hydrogen-bond donors (Lipinski definition) is 2. The Morgan fingerprint density at radius 1 is 1.04 bits per heavy atom. The third-order valence-electron chi connectivity index (χ3n) is 6.18. The fourth-order valence-corrected chi connectivity index (χ4v) is 4.33. The number of aliphatic hydroxyl groups is 2. The van der Waals surface area contributed by atoms with E-state index in [1.54, 1.807) is 0 Å². The van der Waals surface area contributed by atoms with E-state index >= 15 is 0 Å². The van der Waals surface area contributed by atoms with E-state index in [2.05, 4.69) is 56.3 Å². The number of ether oxygens (including phenoxy) is 1. The van der Waals surface area contributed by atoms with Crippen molar-refractivity contribution in [2.75, 3.05) is 6.61 Å². The van der Waals surface area contributed by atoms with Crippen LogP contribution >= 0.6 is 0 Å². The van der Waals surface area contributed by atoms with Crippen LogP contribution in [0.3, 0.4) is 0 Å². The van der Waals surface area contributed by atoms with Gasteiger partial charge in [-0.05, 0) is 58.9 Å². The zero-order valence-corrected chi connectivity index (χ0v) is 17.0. The minimum Gasteiger partial charge on any atom is -0.394 e. The maximum atomic E-state index is 10.2. The van der Waals surface area contributed by atoms with Gasteiger partial charge in [0.1, 0.15) is 0 Å². The van der Waals surface area contributed by atoms with Gasteiger partial charge in [0.25, 0.3) is 0 Å². The largest absolute Gasteiger partial charge is 0.394 e. The molecule has 0 unspecified atom stereocenters. The first-order chi connectivity index (χ1) is 13.5. The minimum atomic E-state index is -0.411. The smallest absolute Gasteiger partial charge is 0.0854 e. The van der Waals surface area contributed by atoms with Gasteiger partial charge in [-0.1, -0.05) is 56.3 Å². The van der Waals surface area contributed by atoms with Crippen LogP contribution in [0.2, 0.25) is 0 Å². The van der Waals surface area contributed by atoms with Crippen LogP contribution in [0.25, 0.3) is 0 Å². The highest BCUT2D eigenvalue weighted by Crippen LogP contribution is 2.43. The van der Waals surface area contributed by atoms with Gasteiger partial charge in [-0.3, -0.25) is 0 Å². The molecule has 0 amide bonds. The van der Waals surface area contributed by atoms with Gasteiger partial charge in [-0.15, -0.1) is 0 Å². The molecule has 0 spiro atoms. The second-order valence-electron chi connectivity index (χ2n) is 8.86. The van der Waals surface area contributed by atoms with E-state index in [0.29, 0.717) is 24.7 Å². The van der Waals surface area contributed by atoms with Crippen molar-refractivity contribution in [1.29, 1.82) is 0 Å². The molecule has 1 heterocycles. The van der Waals surface area contributed by atoms with Gasteiger partial charge in [0.15, 0.2) is 0 Å². The Balaban J connectivity index is 1.59. The Labute approximate surface area is 168 Å². The summed E-state index contributed by atoms with van der Waals surface area (Å²) in [5.41, 5.74) is 6.67. The lowest BCUT2D eigenvalue weighted by atomic mass is 9.90. The van der Waals surface area contributed by atoms with Gasteiger partial charge in [0, 0.05) is 12.8 Å². The molecule has 2 aromatic carbocycles. The normalized spacial score (nSPS) is 25.2. The molecule has 28 heavy (non-hydrogen) atoms. The van der Waals surface area contributed by atoms with Crippen LogP contribution in [0.4, 0.5) is 0 Å². The molecule has 1 aliphatic heterocycles. The topological polar surface area (TPSA) is 49.7 Å². The van der Waals surface area contributed by atoms with Crippen molar-refractivity contribution >= 4 is 0 Å². The Kier molecular flexibility index (Phi) is 5.86. The third kappa shape index (κ3) is 4.48. The van der Waals surface area contributed by atoms with Gasteiger partial charge in [0.05, 0.1) is 24.9 Å². The highest BCUT2D eigenvalue weighted by molar-refractivity contribution is 5.41. The molecule has 3 nitrogen and oxygen atoms in total. The van der Waals surface area contributed by atoms with Crippen molar-refractivity contribution in [1.82, 2.24) is 0 Å². The molecule has 150 valence electrons. The van der Waals surface area contributed by atoms with Gasteiger partial charge in [0.2, 0.25) is 0 Å². The second kappa shape index (κ2) is 8.36. The van der Waals surface area contributed by atoms with E-state index in [4.69, 9.17) is 4.74 Å². The molecule has 3 heteroatoms. The average molecular weight is 381 g/mol. The van der Waals surface area contributed by atoms with Crippen molar-refractivity contribution in [2.45, 2.75) is 76.1 Å². The third-order valence-corrected chi connectivity index (χ3v) is 6.18. The Hall–Kier alpha value is -1.68. The molecule has 2 N–H and O–H groups in total. The van der Waals surface area contributed by atoms with Crippen molar-refractivity contribution in [3.63, 3.8) is 0 Å². The highest BCUT2D eigenvalue weighted by Gasteiger charge is 2.31.